The van der Waals surface area contributed by atoms with Gasteiger partial charge in [-0.25, -0.2) is 0 Å². The van der Waals surface area contributed by atoms with Crippen LogP contribution in [0.1, 0.15) is 71.6 Å². The maximum atomic E-state index is 13.2. The van der Waals surface area contributed by atoms with Crippen LogP contribution in [0, 0.1) is 17.8 Å². The summed E-state index contributed by atoms with van der Waals surface area (Å²) in [5, 5.41) is 0. The van der Waals surface area contributed by atoms with Crippen LogP contribution >= 0.6 is 0 Å². The average Bonchev–Trinajstić information content (AvgIpc) is 3.18. The Morgan fingerprint density at radius 2 is 1.92 bits per heavy atom. The third kappa shape index (κ3) is 6.26. The smallest absolute Gasteiger partial charge is 0.310 e. The molecule has 0 N–H and O–H groups in total. The Morgan fingerprint density at radius 3 is 2.50 bits per heavy atom. The summed E-state index contributed by atoms with van der Waals surface area (Å²) in [4.78, 5) is 26.9. The highest BCUT2D eigenvalue weighted by molar-refractivity contribution is 5.80. The fourth-order valence-corrected chi connectivity index (χ4v) is 4.34. The average molecular weight is 368 g/mol. The molecule has 1 heterocycles. The second kappa shape index (κ2) is 10.9. The maximum absolute atomic E-state index is 13.2. The van der Waals surface area contributed by atoms with Gasteiger partial charge < -0.3 is 14.4 Å². The van der Waals surface area contributed by atoms with Gasteiger partial charge in [0, 0.05) is 25.6 Å². The first-order valence-corrected chi connectivity index (χ1v) is 10.5. The molecule has 5 heteroatoms. The zero-order valence-corrected chi connectivity index (χ0v) is 16.9. The Bertz CT molecular complexity index is 439. The Labute approximate surface area is 158 Å². The van der Waals surface area contributed by atoms with E-state index in [0.717, 1.165) is 51.0 Å². The SMILES string of the molecule is CCCCC1CCC(C(=O)N(CC2CCCO2)CC(C)C(=O)OC)CC1. The normalized spacial score (nSPS) is 27.1. The van der Waals surface area contributed by atoms with Gasteiger partial charge >= 0.3 is 5.97 Å². The van der Waals surface area contributed by atoms with E-state index in [9.17, 15) is 9.59 Å². The number of carbonyl (C=O) groups is 2. The lowest BCUT2D eigenvalue weighted by molar-refractivity contribution is -0.148. The number of esters is 1. The molecule has 2 fully saturated rings. The molecule has 0 radical (unpaired) electrons. The van der Waals surface area contributed by atoms with E-state index in [1.54, 1.807) is 0 Å². The molecule has 2 unspecified atom stereocenters. The molecule has 1 saturated heterocycles. The first-order valence-electron chi connectivity index (χ1n) is 10.5. The summed E-state index contributed by atoms with van der Waals surface area (Å²) >= 11 is 0. The van der Waals surface area contributed by atoms with Crippen LogP contribution in [0.5, 0.6) is 0 Å². The number of hydrogen-bond donors (Lipinski definition) is 0. The van der Waals surface area contributed by atoms with Gasteiger partial charge in [0.05, 0.1) is 19.1 Å². The summed E-state index contributed by atoms with van der Waals surface area (Å²) in [7, 11) is 1.41. The summed E-state index contributed by atoms with van der Waals surface area (Å²) in [6.45, 7) is 5.89. The van der Waals surface area contributed by atoms with E-state index >= 15 is 0 Å². The topological polar surface area (TPSA) is 55.8 Å². The van der Waals surface area contributed by atoms with Crippen LogP contribution in [0.25, 0.3) is 0 Å². The first kappa shape index (κ1) is 21.2. The summed E-state index contributed by atoms with van der Waals surface area (Å²) < 4.78 is 10.6. The van der Waals surface area contributed by atoms with Gasteiger partial charge in [-0.1, -0.05) is 33.1 Å². The molecule has 1 amide bonds. The highest BCUT2D eigenvalue weighted by Gasteiger charge is 2.32. The minimum absolute atomic E-state index is 0.110. The highest BCUT2D eigenvalue weighted by Crippen LogP contribution is 2.33. The predicted octanol–water partition coefficient (Wildman–Crippen LogP) is 3.80. The fourth-order valence-electron chi connectivity index (χ4n) is 4.34. The zero-order valence-electron chi connectivity index (χ0n) is 16.9. The van der Waals surface area contributed by atoms with Crippen molar-refractivity contribution in [2.75, 3.05) is 26.8 Å². The number of hydrogen-bond acceptors (Lipinski definition) is 4. The van der Waals surface area contributed by atoms with E-state index < -0.39 is 0 Å². The molecular formula is C21H37NO4. The number of methoxy groups -OCH3 is 1. The second-order valence-corrected chi connectivity index (χ2v) is 8.16. The Hall–Kier alpha value is -1.10. The molecule has 0 aromatic carbocycles. The molecule has 26 heavy (non-hydrogen) atoms. The van der Waals surface area contributed by atoms with Crippen molar-refractivity contribution in [1.29, 1.82) is 0 Å². The van der Waals surface area contributed by atoms with Crippen molar-refractivity contribution in [3.05, 3.63) is 0 Å². The van der Waals surface area contributed by atoms with Crippen molar-refractivity contribution in [3.63, 3.8) is 0 Å². The van der Waals surface area contributed by atoms with E-state index in [1.165, 1.54) is 26.4 Å². The highest BCUT2D eigenvalue weighted by atomic mass is 16.5. The first-order chi connectivity index (χ1) is 12.5. The monoisotopic (exact) mass is 367 g/mol. The number of amides is 1. The molecule has 0 aromatic rings. The molecule has 2 rings (SSSR count). The molecule has 1 saturated carbocycles. The Balaban J connectivity index is 1.92. The Morgan fingerprint density at radius 1 is 1.19 bits per heavy atom. The molecule has 2 atom stereocenters. The van der Waals surface area contributed by atoms with Gasteiger partial charge in [0.25, 0.3) is 0 Å². The van der Waals surface area contributed by atoms with Gasteiger partial charge in [-0.3, -0.25) is 9.59 Å². The van der Waals surface area contributed by atoms with E-state index in [1.807, 2.05) is 11.8 Å². The van der Waals surface area contributed by atoms with Crippen LogP contribution in [0.3, 0.4) is 0 Å². The molecule has 150 valence electrons. The lowest BCUT2D eigenvalue weighted by atomic mass is 9.79. The van der Waals surface area contributed by atoms with Crippen LogP contribution < -0.4 is 0 Å². The van der Waals surface area contributed by atoms with Crippen molar-refractivity contribution in [2.24, 2.45) is 17.8 Å². The number of ether oxygens (including phenoxy) is 2. The molecular weight excluding hydrogens is 330 g/mol. The number of rotatable bonds is 9. The summed E-state index contributed by atoms with van der Waals surface area (Å²) in [5.74, 6) is 0.564. The minimum atomic E-state index is -0.300. The Kier molecular flexibility index (Phi) is 8.89. The van der Waals surface area contributed by atoms with Crippen molar-refractivity contribution in [3.8, 4) is 0 Å². The second-order valence-electron chi connectivity index (χ2n) is 8.16. The maximum Gasteiger partial charge on any atom is 0.310 e. The van der Waals surface area contributed by atoms with Gasteiger partial charge in [0.2, 0.25) is 5.91 Å². The van der Waals surface area contributed by atoms with Crippen molar-refractivity contribution in [2.45, 2.75) is 77.7 Å². The zero-order chi connectivity index (χ0) is 18.9. The lowest BCUT2D eigenvalue weighted by Gasteiger charge is -2.34. The predicted molar refractivity (Wildman–Crippen MR) is 102 cm³/mol. The lowest BCUT2D eigenvalue weighted by Crippen LogP contribution is -2.45. The van der Waals surface area contributed by atoms with Gasteiger partial charge in [-0.15, -0.1) is 0 Å². The van der Waals surface area contributed by atoms with Crippen molar-refractivity contribution < 1.29 is 19.1 Å². The van der Waals surface area contributed by atoms with Gasteiger partial charge in [-0.2, -0.15) is 0 Å². The van der Waals surface area contributed by atoms with Crippen LogP contribution in [-0.4, -0.2) is 49.7 Å². The molecule has 1 aliphatic heterocycles. The quantitative estimate of drug-likeness (QED) is 0.582. The van der Waals surface area contributed by atoms with E-state index in [4.69, 9.17) is 9.47 Å². The summed E-state index contributed by atoms with van der Waals surface area (Å²) in [5.41, 5.74) is 0. The van der Waals surface area contributed by atoms with Gasteiger partial charge in [0.1, 0.15) is 0 Å². The number of nitrogens with zero attached hydrogens (tertiary/aromatic N) is 1. The summed E-state index contributed by atoms with van der Waals surface area (Å²) in [6, 6.07) is 0. The van der Waals surface area contributed by atoms with Crippen molar-refractivity contribution >= 4 is 11.9 Å². The van der Waals surface area contributed by atoms with Crippen LogP contribution in [0.4, 0.5) is 0 Å². The minimum Gasteiger partial charge on any atom is -0.469 e. The van der Waals surface area contributed by atoms with Crippen molar-refractivity contribution in [1.82, 2.24) is 4.90 Å². The third-order valence-electron chi connectivity index (χ3n) is 6.02. The molecule has 1 aliphatic carbocycles. The standard InChI is InChI=1S/C21H37NO4/c1-4-5-7-17-9-11-18(12-10-17)20(23)22(14-16(2)21(24)25-3)15-19-8-6-13-26-19/h16-19H,4-15H2,1-3H3. The van der Waals surface area contributed by atoms with Crippen LogP contribution in [-0.2, 0) is 19.1 Å². The molecule has 0 bridgehead atoms. The molecule has 0 aromatic heterocycles. The van der Waals surface area contributed by atoms with Crippen LogP contribution in [0.15, 0.2) is 0 Å². The van der Waals surface area contributed by atoms with E-state index in [-0.39, 0.29) is 29.8 Å². The number of unbranched alkanes of at least 4 members (excludes halogenated alkanes) is 1. The van der Waals surface area contributed by atoms with E-state index in [0.29, 0.717) is 13.1 Å². The molecule has 2 aliphatic rings. The number of carbonyl (C=O) groups excluding carboxylic acids is 2. The molecule has 0 spiro atoms. The largest absolute Gasteiger partial charge is 0.469 e. The fraction of sp³-hybridized carbons (Fsp3) is 0.905. The van der Waals surface area contributed by atoms with Crippen LogP contribution in [0.2, 0.25) is 0 Å². The van der Waals surface area contributed by atoms with Gasteiger partial charge in [-0.05, 0) is 44.4 Å². The molecule has 5 nitrogen and oxygen atoms in total. The third-order valence-corrected chi connectivity index (χ3v) is 6.02. The van der Waals surface area contributed by atoms with E-state index in [2.05, 4.69) is 6.92 Å². The summed E-state index contributed by atoms with van der Waals surface area (Å²) in [6.07, 6.45) is 10.3. The van der Waals surface area contributed by atoms with Gasteiger partial charge in [0.15, 0.2) is 0 Å².